The molecule has 1 aliphatic heterocycles. The molecule has 4 heterocycles. The van der Waals surface area contributed by atoms with Crippen molar-refractivity contribution in [2.75, 3.05) is 23.0 Å². The van der Waals surface area contributed by atoms with Gasteiger partial charge in [0.15, 0.2) is 0 Å². The fraction of sp³-hybridized carbons (Fsp3) is 0.259. The number of fused-ring (bicyclic) bond motifs is 1. The van der Waals surface area contributed by atoms with Crippen LogP contribution < -0.4 is 10.6 Å². The zero-order valence-electron chi connectivity index (χ0n) is 20.4. The minimum Gasteiger partial charge on any atom is -0.394 e. The van der Waals surface area contributed by atoms with Gasteiger partial charge in [0.05, 0.1) is 35.0 Å². The molecule has 9 heteroatoms. The number of rotatable bonds is 5. The van der Waals surface area contributed by atoms with Gasteiger partial charge in [-0.05, 0) is 61.4 Å². The van der Waals surface area contributed by atoms with Crippen molar-refractivity contribution in [2.24, 2.45) is 7.05 Å². The topological polar surface area (TPSA) is 105 Å². The molecule has 0 saturated carbocycles. The summed E-state index contributed by atoms with van der Waals surface area (Å²) in [6.45, 7) is 3.92. The van der Waals surface area contributed by atoms with Gasteiger partial charge in [-0.1, -0.05) is 12.1 Å². The number of pyridine rings is 2. The van der Waals surface area contributed by atoms with Crippen molar-refractivity contribution in [2.45, 2.75) is 25.1 Å². The highest BCUT2D eigenvalue weighted by Crippen LogP contribution is 2.47. The fourth-order valence-electron chi connectivity index (χ4n) is 4.45. The van der Waals surface area contributed by atoms with Crippen LogP contribution in [-0.4, -0.2) is 49.2 Å². The molecule has 2 atom stereocenters. The van der Waals surface area contributed by atoms with E-state index in [1.807, 2.05) is 68.0 Å². The molecule has 1 aromatic carbocycles. The number of thioether (sulfide) groups is 1. The number of carbonyl (C=O) groups is 1. The Morgan fingerprint density at radius 1 is 1.17 bits per heavy atom. The van der Waals surface area contributed by atoms with Crippen molar-refractivity contribution in [3.8, 4) is 11.4 Å². The van der Waals surface area contributed by atoms with Gasteiger partial charge in [0.2, 0.25) is 0 Å². The molecule has 0 bridgehead atoms. The number of aromatic nitrogens is 4. The monoisotopic (exact) mass is 500 g/mol. The van der Waals surface area contributed by atoms with Gasteiger partial charge in [-0.2, -0.15) is 5.10 Å². The number of nitrogens with one attached hydrogen (secondary N) is 2. The highest BCUT2D eigenvalue weighted by molar-refractivity contribution is 7.99. The van der Waals surface area contributed by atoms with E-state index in [0.29, 0.717) is 11.3 Å². The van der Waals surface area contributed by atoms with Gasteiger partial charge < -0.3 is 15.7 Å². The summed E-state index contributed by atoms with van der Waals surface area (Å²) in [6, 6.07) is 15.2. The summed E-state index contributed by atoms with van der Waals surface area (Å²) in [4.78, 5) is 21.8. The maximum absolute atomic E-state index is 13.0. The van der Waals surface area contributed by atoms with Crippen LogP contribution in [0.15, 0.2) is 60.9 Å². The molecule has 8 nitrogen and oxygen atoms in total. The van der Waals surface area contributed by atoms with Crippen molar-refractivity contribution in [3.05, 3.63) is 88.9 Å². The number of aliphatic hydroxyl groups is 1. The van der Waals surface area contributed by atoms with Crippen molar-refractivity contribution < 1.29 is 9.90 Å². The van der Waals surface area contributed by atoms with E-state index < -0.39 is 0 Å². The predicted molar refractivity (Wildman–Crippen MR) is 143 cm³/mol. The van der Waals surface area contributed by atoms with E-state index in [9.17, 15) is 9.90 Å². The van der Waals surface area contributed by atoms with E-state index in [1.54, 1.807) is 30.2 Å². The van der Waals surface area contributed by atoms with E-state index in [2.05, 4.69) is 20.6 Å². The molecule has 3 N–H and O–H groups in total. The number of carbonyl (C=O) groups excluding carboxylic acids is 1. The lowest BCUT2D eigenvalue weighted by atomic mass is 9.96. The second kappa shape index (κ2) is 10.1. The van der Waals surface area contributed by atoms with Gasteiger partial charge in [0, 0.05) is 36.3 Å². The molecule has 4 aromatic rings. The maximum atomic E-state index is 13.0. The number of aliphatic hydroxyl groups excluding tert-OH is 1. The van der Waals surface area contributed by atoms with Gasteiger partial charge in [0.1, 0.15) is 11.5 Å². The second-order valence-electron chi connectivity index (χ2n) is 8.85. The lowest BCUT2D eigenvalue weighted by Gasteiger charge is -2.19. The Bertz CT molecular complexity index is 1400. The van der Waals surface area contributed by atoms with E-state index in [4.69, 9.17) is 5.10 Å². The fourth-order valence-corrected chi connectivity index (χ4v) is 5.90. The summed E-state index contributed by atoms with van der Waals surface area (Å²) in [5.41, 5.74) is 6.79. The van der Waals surface area contributed by atoms with E-state index in [1.165, 1.54) is 0 Å². The van der Waals surface area contributed by atoms with Crippen LogP contribution in [0.5, 0.6) is 0 Å². The SMILES string of the molecule is Cc1cc(C(=O)Nc2cccnc2C)ccc1[C@@H]1SC[C@@H](CO)Nc2c1c(-c1ccccn1)nn2C. The largest absolute Gasteiger partial charge is 0.394 e. The van der Waals surface area contributed by atoms with Crippen molar-refractivity contribution in [3.63, 3.8) is 0 Å². The van der Waals surface area contributed by atoms with Crippen molar-refractivity contribution in [1.82, 2.24) is 19.7 Å². The second-order valence-corrected chi connectivity index (χ2v) is 9.99. The third-order valence-electron chi connectivity index (χ3n) is 6.35. The average Bonchev–Trinajstić information content (AvgIpc) is 3.08. The first-order valence-electron chi connectivity index (χ1n) is 11.8. The summed E-state index contributed by atoms with van der Waals surface area (Å²) < 4.78 is 1.83. The minimum absolute atomic E-state index is 0.0229. The summed E-state index contributed by atoms with van der Waals surface area (Å²) in [6.07, 6.45) is 3.47. The Hall–Kier alpha value is -3.69. The molecule has 0 spiro atoms. The normalized spacial score (nSPS) is 17.1. The average molecular weight is 501 g/mol. The quantitative estimate of drug-likeness (QED) is 0.374. The van der Waals surface area contributed by atoms with Crippen LogP contribution in [0, 0.1) is 13.8 Å². The number of aryl methyl sites for hydroxylation is 3. The molecule has 1 aliphatic rings. The van der Waals surface area contributed by atoms with Crippen LogP contribution in [0.3, 0.4) is 0 Å². The lowest BCUT2D eigenvalue weighted by Crippen LogP contribution is -2.26. The summed E-state index contributed by atoms with van der Waals surface area (Å²) in [7, 11) is 1.90. The highest BCUT2D eigenvalue weighted by Gasteiger charge is 2.33. The molecule has 36 heavy (non-hydrogen) atoms. The number of amides is 1. The van der Waals surface area contributed by atoms with Gasteiger partial charge >= 0.3 is 0 Å². The third-order valence-corrected chi connectivity index (χ3v) is 7.77. The van der Waals surface area contributed by atoms with Gasteiger partial charge in [0.25, 0.3) is 5.91 Å². The standard InChI is InChI=1S/C27H28N6O2S/c1-16-13-18(27(35)31-21-8-6-12-28-17(21)2)9-10-20(16)25-23-24(22-7-4-5-11-29-22)32-33(3)26(23)30-19(14-34)15-36-25/h4-13,19,25,30,34H,14-15H2,1-3H3,(H,31,35)/t19-,25+/m1/s1. The first-order chi connectivity index (χ1) is 17.5. The molecule has 0 aliphatic carbocycles. The highest BCUT2D eigenvalue weighted by atomic mass is 32.2. The number of nitrogens with zero attached hydrogens (tertiary/aromatic N) is 4. The zero-order valence-corrected chi connectivity index (χ0v) is 21.2. The number of hydrogen-bond acceptors (Lipinski definition) is 7. The van der Waals surface area contributed by atoms with Crippen LogP contribution in [0.1, 0.15) is 38.0 Å². The molecule has 184 valence electrons. The maximum Gasteiger partial charge on any atom is 0.255 e. The summed E-state index contributed by atoms with van der Waals surface area (Å²) in [5.74, 6) is 1.42. The molecule has 1 amide bonds. The first-order valence-corrected chi connectivity index (χ1v) is 12.8. The predicted octanol–water partition coefficient (Wildman–Crippen LogP) is 4.36. The first kappa shape index (κ1) is 24.0. The van der Waals surface area contributed by atoms with Crippen molar-refractivity contribution in [1.29, 1.82) is 0 Å². The van der Waals surface area contributed by atoms with Crippen LogP contribution in [0.25, 0.3) is 11.4 Å². The van der Waals surface area contributed by atoms with Crippen LogP contribution in [-0.2, 0) is 7.05 Å². The molecule has 0 unspecified atom stereocenters. The van der Waals surface area contributed by atoms with Crippen LogP contribution >= 0.6 is 11.8 Å². The Labute approximate surface area is 214 Å². The molecule has 5 rings (SSSR count). The van der Waals surface area contributed by atoms with E-state index in [-0.39, 0.29) is 23.8 Å². The summed E-state index contributed by atoms with van der Waals surface area (Å²) in [5, 5.41) is 21.1. The Balaban J connectivity index is 1.54. The molecular weight excluding hydrogens is 472 g/mol. The summed E-state index contributed by atoms with van der Waals surface area (Å²) >= 11 is 1.76. The smallest absolute Gasteiger partial charge is 0.255 e. The molecule has 0 radical (unpaired) electrons. The lowest BCUT2D eigenvalue weighted by molar-refractivity contribution is 0.102. The number of benzene rings is 1. The number of anilines is 2. The van der Waals surface area contributed by atoms with Gasteiger partial charge in [-0.15, -0.1) is 11.8 Å². The zero-order chi connectivity index (χ0) is 25.2. The minimum atomic E-state index is -0.174. The van der Waals surface area contributed by atoms with Crippen LogP contribution in [0.2, 0.25) is 0 Å². The third kappa shape index (κ3) is 4.59. The van der Waals surface area contributed by atoms with Gasteiger partial charge in [-0.3, -0.25) is 19.4 Å². The number of hydrogen-bond donors (Lipinski definition) is 3. The van der Waals surface area contributed by atoms with Gasteiger partial charge in [-0.25, -0.2) is 0 Å². The Morgan fingerprint density at radius 2 is 2.00 bits per heavy atom. The van der Waals surface area contributed by atoms with Crippen molar-refractivity contribution >= 4 is 29.2 Å². The van der Waals surface area contributed by atoms with E-state index in [0.717, 1.165) is 45.3 Å². The Kier molecular flexibility index (Phi) is 6.75. The molecule has 0 saturated heterocycles. The Morgan fingerprint density at radius 3 is 2.72 bits per heavy atom. The molecule has 3 aromatic heterocycles. The van der Waals surface area contributed by atoms with Crippen LogP contribution in [0.4, 0.5) is 11.5 Å². The molecule has 0 fully saturated rings. The molecular formula is C27H28N6O2S. The van der Waals surface area contributed by atoms with E-state index >= 15 is 0 Å².